The molecule has 19 heavy (non-hydrogen) atoms. The zero-order valence-electron chi connectivity index (χ0n) is 10.1. The molecule has 100 valence electrons. The summed E-state index contributed by atoms with van der Waals surface area (Å²) in [6.45, 7) is 2.06. The summed E-state index contributed by atoms with van der Waals surface area (Å²) in [5.74, 6) is 0.261. The minimum absolute atomic E-state index is 0.189. The molecule has 0 spiro atoms. The fourth-order valence-corrected chi connectivity index (χ4v) is 2.45. The van der Waals surface area contributed by atoms with Gasteiger partial charge >= 0.3 is 5.97 Å². The van der Waals surface area contributed by atoms with Crippen molar-refractivity contribution in [3.8, 4) is 10.9 Å². The summed E-state index contributed by atoms with van der Waals surface area (Å²) < 4.78 is 10.6. The Balaban J connectivity index is 2.21. The van der Waals surface area contributed by atoms with Gasteiger partial charge in [0.15, 0.2) is 0 Å². The van der Waals surface area contributed by atoms with E-state index in [4.69, 9.17) is 9.84 Å². The number of carboxylic acids is 1. The number of halogens is 1. The summed E-state index contributed by atoms with van der Waals surface area (Å²) in [5.41, 5.74) is 0.189. The maximum atomic E-state index is 10.9. The summed E-state index contributed by atoms with van der Waals surface area (Å²) in [5, 5.41) is 9.39. The molecule has 0 bridgehead atoms. The molecule has 0 atom stereocenters. The molecule has 0 unspecified atom stereocenters. The molecule has 1 N–H and O–H groups in total. The first-order chi connectivity index (χ1) is 9.10. The zero-order valence-corrected chi connectivity index (χ0v) is 13.1. The number of nitrogens with zero attached hydrogens (tertiary/aromatic N) is 2. The van der Waals surface area contributed by atoms with Gasteiger partial charge in [-0.1, -0.05) is 6.92 Å². The van der Waals surface area contributed by atoms with Crippen molar-refractivity contribution in [3.63, 3.8) is 0 Å². The van der Waals surface area contributed by atoms with Crippen LogP contribution in [0.4, 0.5) is 0 Å². The summed E-state index contributed by atoms with van der Waals surface area (Å²) in [7, 11) is 0. The standard InChI is InChI=1S/C12H11IN2O3S/c1-2-3-10-14-12(19-15-10)18-9-6-7(11(16)17)4-5-8(9)13/h4-6H,2-3H2,1H3,(H,16,17). The number of ether oxygens (including phenoxy) is 1. The Morgan fingerprint density at radius 3 is 3.00 bits per heavy atom. The molecular weight excluding hydrogens is 379 g/mol. The van der Waals surface area contributed by atoms with Gasteiger partial charge in [-0.3, -0.25) is 0 Å². The average Bonchev–Trinajstić information content (AvgIpc) is 2.80. The van der Waals surface area contributed by atoms with Crippen molar-refractivity contribution < 1.29 is 14.6 Å². The van der Waals surface area contributed by atoms with Crippen LogP contribution in [0.5, 0.6) is 10.9 Å². The highest BCUT2D eigenvalue weighted by atomic mass is 127. The molecule has 1 aromatic carbocycles. The highest BCUT2D eigenvalue weighted by Crippen LogP contribution is 2.29. The van der Waals surface area contributed by atoms with Gasteiger partial charge in [0.2, 0.25) is 0 Å². The number of carboxylic acid groups (broad SMARTS) is 1. The number of aryl methyl sites for hydroxylation is 1. The fourth-order valence-electron chi connectivity index (χ4n) is 1.41. The molecule has 1 heterocycles. The molecule has 7 heteroatoms. The lowest BCUT2D eigenvalue weighted by molar-refractivity contribution is 0.0696. The van der Waals surface area contributed by atoms with Crippen LogP contribution in [0.1, 0.15) is 29.5 Å². The topological polar surface area (TPSA) is 72.3 Å². The molecule has 2 rings (SSSR count). The second-order valence-electron chi connectivity index (χ2n) is 3.78. The molecule has 1 aromatic heterocycles. The van der Waals surface area contributed by atoms with Crippen molar-refractivity contribution in [3.05, 3.63) is 33.2 Å². The van der Waals surface area contributed by atoms with E-state index in [1.807, 2.05) is 0 Å². The Hall–Kier alpha value is -1.22. The number of benzene rings is 1. The second-order valence-corrected chi connectivity index (χ2v) is 5.66. The number of rotatable bonds is 5. The van der Waals surface area contributed by atoms with E-state index in [9.17, 15) is 4.79 Å². The second kappa shape index (κ2) is 6.29. The van der Waals surface area contributed by atoms with Crippen molar-refractivity contribution in [2.45, 2.75) is 19.8 Å². The SMILES string of the molecule is CCCc1nsc(Oc2cc(C(=O)O)ccc2I)n1. The van der Waals surface area contributed by atoms with Crippen molar-refractivity contribution in [2.24, 2.45) is 0 Å². The molecule has 0 radical (unpaired) electrons. The largest absolute Gasteiger partial charge is 0.478 e. The highest BCUT2D eigenvalue weighted by molar-refractivity contribution is 14.1. The van der Waals surface area contributed by atoms with Crippen LogP contribution in [-0.2, 0) is 6.42 Å². The summed E-state index contributed by atoms with van der Waals surface area (Å²) in [6, 6.07) is 4.73. The Morgan fingerprint density at radius 1 is 1.53 bits per heavy atom. The Bertz CT molecular complexity index is 600. The van der Waals surface area contributed by atoms with E-state index >= 15 is 0 Å². The van der Waals surface area contributed by atoms with E-state index in [-0.39, 0.29) is 5.56 Å². The van der Waals surface area contributed by atoms with Crippen LogP contribution in [0, 0.1) is 3.57 Å². The van der Waals surface area contributed by atoms with Gasteiger partial charge in [-0.05, 0) is 47.2 Å². The zero-order chi connectivity index (χ0) is 13.8. The van der Waals surface area contributed by atoms with Crippen LogP contribution in [0.25, 0.3) is 0 Å². The third-order valence-corrected chi connectivity index (χ3v) is 3.82. The number of aromatic nitrogens is 2. The lowest BCUT2D eigenvalue weighted by Gasteiger charge is -2.05. The smallest absolute Gasteiger partial charge is 0.335 e. The Labute approximate surface area is 128 Å². The van der Waals surface area contributed by atoms with Gasteiger partial charge in [0.1, 0.15) is 11.6 Å². The van der Waals surface area contributed by atoms with E-state index in [2.05, 4.69) is 38.9 Å². The van der Waals surface area contributed by atoms with E-state index in [0.29, 0.717) is 10.9 Å². The molecule has 0 aliphatic carbocycles. The van der Waals surface area contributed by atoms with Crippen LogP contribution in [0.3, 0.4) is 0 Å². The number of aromatic carboxylic acids is 1. The van der Waals surface area contributed by atoms with Crippen LogP contribution in [0.2, 0.25) is 0 Å². The minimum atomic E-state index is -0.981. The number of hydrogen-bond acceptors (Lipinski definition) is 5. The molecule has 0 saturated carbocycles. The van der Waals surface area contributed by atoms with E-state index < -0.39 is 5.97 Å². The molecule has 0 aliphatic heterocycles. The summed E-state index contributed by atoms with van der Waals surface area (Å²) in [4.78, 5) is 15.2. The third kappa shape index (κ3) is 3.63. The van der Waals surface area contributed by atoms with Crippen molar-refractivity contribution in [2.75, 3.05) is 0 Å². The van der Waals surface area contributed by atoms with Gasteiger partial charge in [-0.15, -0.1) is 0 Å². The lowest BCUT2D eigenvalue weighted by atomic mass is 10.2. The van der Waals surface area contributed by atoms with E-state index in [1.165, 1.54) is 17.6 Å². The van der Waals surface area contributed by atoms with Gasteiger partial charge in [-0.2, -0.15) is 9.36 Å². The first-order valence-corrected chi connectivity index (χ1v) is 7.48. The van der Waals surface area contributed by atoms with Crippen LogP contribution < -0.4 is 4.74 Å². The lowest BCUT2D eigenvalue weighted by Crippen LogP contribution is -1.97. The number of hydrogen-bond donors (Lipinski definition) is 1. The van der Waals surface area contributed by atoms with Gasteiger partial charge in [0.05, 0.1) is 9.13 Å². The molecule has 0 aliphatic rings. The third-order valence-electron chi connectivity index (χ3n) is 2.30. The highest BCUT2D eigenvalue weighted by Gasteiger charge is 2.11. The first kappa shape index (κ1) is 14.2. The normalized spacial score (nSPS) is 10.4. The van der Waals surface area contributed by atoms with Gasteiger partial charge in [-0.25, -0.2) is 4.79 Å². The predicted molar refractivity (Wildman–Crippen MR) is 80.1 cm³/mol. The number of carbonyl (C=O) groups is 1. The molecular formula is C12H11IN2O3S. The van der Waals surface area contributed by atoms with E-state index in [1.54, 1.807) is 12.1 Å². The minimum Gasteiger partial charge on any atom is -0.478 e. The first-order valence-electron chi connectivity index (χ1n) is 5.63. The Kier molecular flexibility index (Phi) is 4.70. The van der Waals surface area contributed by atoms with Crippen LogP contribution in [0.15, 0.2) is 18.2 Å². The predicted octanol–water partition coefficient (Wildman–Crippen LogP) is 3.59. The molecule has 0 saturated heterocycles. The average molecular weight is 390 g/mol. The summed E-state index contributed by atoms with van der Waals surface area (Å²) in [6.07, 6.45) is 1.79. The van der Waals surface area contributed by atoms with Gasteiger partial charge < -0.3 is 9.84 Å². The van der Waals surface area contributed by atoms with Crippen molar-refractivity contribution >= 4 is 40.1 Å². The summed E-state index contributed by atoms with van der Waals surface area (Å²) >= 11 is 3.26. The maximum absolute atomic E-state index is 10.9. The molecule has 2 aromatic rings. The quantitative estimate of drug-likeness (QED) is 0.791. The molecule has 5 nitrogen and oxygen atoms in total. The van der Waals surface area contributed by atoms with Crippen LogP contribution >= 0.6 is 34.1 Å². The van der Waals surface area contributed by atoms with Crippen molar-refractivity contribution in [1.29, 1.82) is 0 Å². The van der Waals surface area contributed by atoms with Crippen molar-refractivity contribution in [1.82, 2.24) is 9.36 Å². The fraction of sp³-hybridized carbons (Fsp3) is 0.250. The molecule has 0 amide bonds. The van der Waals surface area contributed by atoms with Gasteiger partial charge in [0, 0.05) is 18.0 Å². The molecule has 0 fully saturated rings. The Morgan fingerprint density at radius 2 is 2.32 bits per heavy atom. The van der Waals surface area contributed by atoms with Crippen LogP contribution in [-0.4, -0.2) is 20.4 Å². The maximum Gasteiger partial charge on any atom is 0.335 e. The van der Waals surface area contributed by atoms with Gasteiger partial charge in [0.25, 0.3) is 5.19 Å². The van der Waals surface area contributed by atoms with E-state index in [0.717, 1.165) is 22.2 Å². The monoisotopic (exact) mass is 390 g/mol.